The van der Waals surface area contributed by atoms with E-state index in [9.17, 15) is 0 Å². The van der Waals surface area contributed by atoms with Gasteiger partial charge in [0.15, 0.2) is 5.82 Å². The Labute approximate surface area is 281 Å². The molecule has 0 aliphatic carbocycles. The van der Waals surface area contributed by atoms with Gasteiger partial charge in [-0.2, -0.15) is 0 Å². The largest absolute Gasteiger partial charge is 0.456 e. The highest BCUT2D eigenvalue weighted by Crippen LogP contribution is 2.49. The van der Waals surface area contributed by atoms with Gasteiger partial charge in [0.05, 0.1) is 27.9 Å². The molecule has 49 heavy (non-hydrogen) atoms. The molecule has 3 aromatic heterocycles. The van der Waals surface area contributed by atoms with Gasteiger partial charge >= 0.3 is 0 Å². The van der Waals surface area contributed by atoms with Crippen LogP contribution < -0.4 is 0 Å². The van der Waals surface area contributed by atoms with Crippen LogP contribution in [0.4, 0.5) is 0 Å². The highest BCUT2D eigenvalue weighted by atomic mass is 16.3. The lowest BCUT2D eigenvalue weighted by Crippen LogP contribution is -2.26. The van der Waals surface area contributed by atoms with Gasteiger partial charge in [0.2, 0.25) is 0 Å². The van der Waals surface area contributed by atoms with E-state index >= 15 is 0 Å². The lowest BCUT2D eigenvalue weighted by atomic mass is 9.74. The molecule has 0 saturated carbocycles. The molecule has 0 fully saturated rings. The van der Waals surface area contributed by atoms with Crippen molar-refractivity contribution in [1.29, 1.82) is 0 Å². The second-order valence-electron chi connectivity index (χ2n) is 13.8. The van der Waals surface area contributed by atoms with E-state index < -0.39 is 0 Å². The first-order valence-corrected chi connectivity index (χ1v) is 16.8. The molecule has 0 N–H and O–H groups in total. The topological polar surface area (TPSA) is 43.9 Å². The van der Waals surface area contributed by atoms with Crippen LogP contribution in [0.5, 0.6) is 0 Å². The van der Waals surface area contributed by atoms with Gasteiger partial charge in [0.25, 0.3) is 0 Å². The summed E-state index contributed by atoms with van der Waals surface area (Å²) in [5.74, 6) is 0.719. The summed E-state index contributed by atoms with van der Waals surface area (Å²) < 4.78 is 8.63. The molecule has 1 aliphatic heterocycles. The molecule has 4 nitrogen and oxygen atoms in total. The molecule has 7 aromatic carbocycles. The average Bonchev–Trinajstić information content (AvgIpc) is 3.69. The van der Waals surface area contributed by atoms with Crippen molar-refractivity contribution >= 4 is 65.4 Å². The molecular weight excluding hydrogens is 599 g/mol. The summed E-state index contributed by atoms with van der Waals surface area (Å²) in [5.41, 5.74) is 11.7. The number of para-hydroxylation sites is 3. The van der Waals surface area contributed by atoms with Gasteiger partial charge in [-0.25, -0.2) is 9.97 Å². The summed E-state index contributed by atoms with van der Waals surface area (Å²) in [4.78, 5) is 10.5. The Morgan fingerprint density at radius 2 is 1.31 bits per heavy atom. The Hall–Kier alpha value is -6.26. The second-order valence-corrected chi connectivity index (χ2v) is 13.8. The Morgan fingerprint density at radius 3 is 2.22 bits per heavy atom. The maximum atomic E-state index is 6.15. The van der Waals surface area contributed by atoms with Gasteiger partial charge in [0.1, 0.15) is 11.2 Å². The Morgan fingerprint density at radius 1 is 0.551 bits per heavy atom. The van der Waals surface area contributed by atoms with Crippen molar-refractivity contribution in [1.82, 2.24) is 14.5 Å². The zero-order valence-electron chi connectivity index (χ0n) is 27.0. The zero-order valence-corrected chi connectivity index (χ0v) is 27.0. The summed E-state index contributed by atoms with van der Waals surface area (Å²) >= 11 is 0. The smallest absolute Gasteiger partial charge is 0.160 e. The van der Waals surface area contributed by atoms with E-state index in [-0.39, 0.29) is 5.41 Å². The number of benzene rings is 7. The molecule has 4 heteroatoms. The molecule has 0 bridgehead atoms. The van der Waals surface area contributed by atoms with Gasteiger partial charge in [0, 0.05) is 43.5 Å². The second kappa shape index (κ2) is 9.42. The normalized spacial score (nSPS) is 13.7. The molecule has 0 saturated heterocycles. The maximum Gasteiger partial charge on any atom is 0.160 e. The van der Waals surface area contributed by atoms with Crippen LogP contribution in [-0.2, 0) is 5.41 Å². The minimum Gasteiger partial charge on any atom is -0.456 e. The summed E-state index contributed by atoms with van der Waals surface area (Å²) in [6.07, 6.45) is 0. The quantitative estimate of drug-likeness (QED) is 0.192. The summed E-state index contributed by atoms with van der Waals surface area (Å²) in [6, 6.07) is 49.8. The number of aromatic nitrogens is 3. The molecular formula is C45H29N3O. The molecule has 1 aliphatic rings. The van der Waals surface area contributed by atoms with Crippen molar-refractivity contribution in [2.24, 2.45) is 0 Å². The minimum absolute atomic E-state index is 0.238. The van der Waals surface area contributed by atoms with Crippen molar-refractivity contribution in [2.75, 3.05) is 0 Å². The van der Waals surface area contributed by atoms with Crippen LogP contribution in [0, 0.1) is 0 Å². The molecule has 4 heterocycles. The first-order valence-electron chi connectivity index (χ1n) is 16.8. The van der Waals surface area contributed by atoms with Crippen LogP contribution >= 0.6 is 0 Å². The monoisotopic (exact) mass is 627 g/mol. The number of rotatable bonds is 2. The van der Waals surface area contributed by atoms with Crippen LogP contribution in [0.2, 0.25) is 0 Å². The van der Waals surface area contributed by atoms with E-state index in [0.717, 1.165) is 55.5 Å². The highest BCUT2D eigenvalue weighted by Gasteiger charge is 2.35. The number of fused-ring (bicyclic) bond motifs is 11. The highest BCUT2D eigenvalue weighted by molar-refractivity contribution is 6.22. The molecule has 0 unspecified atom stereocenters. The Bertz CT molecular complexity index is 3030. The van der Waals surface area contributed by atoms with Gasteiger partial charge in [-0.3, -0.25) is 0 Å². The van der Waals surface area contributed by atoms with Crippen molar-refractivity contribution in [2.45, 2.75) is 19.3 Å². The van der Waals surface area contributed by atoms with E-state index in [0.29, 0.717) is 0 Å². The van der Waals surface area contributed by atoms with Crippen LogP contribution in [-0.4, -0.2) is 14.5 Å². The molecule has 0 amide bonds. The molecule has 0 spiro atoms. The van der Waals surface area contributed by atoms with E-state index in [2.05, 4.69) is 146 Å². The lowest BCUT2D eigenvalue weighted by Gasteiger charge is -2.35. The third kappa shape index (κ3) is 3.58. The van der Waals surface area contributed by atoms with Crippen LogP contribution in [0.3, 0.4) is 0 Å². The lowest BCUT2D eigenvalue weighted by molar-refractivity contribution is 0.630. The number of hydrogen-bond donors (Lipinski definition) is 0. The molecule has 0 atom stereocenters. The third-order valence-electron chi connectivity index (χ3n) is 10.8. The Balaban J connectivity index is 1.15. The molecule has 230 valence electrons. The van der Waals surface area contributed by atoms with Crippen molar-refractivity contribution in [3.05, 3.63) is 151 Å². The predicted molar refractivity (Wildman–Crippen MR) is 202 cm³/mol. The molecule has 10 aromatic rings. The van der Waals surface area contributed by atoms with Crippen LogP contribution in [0.25, 0.3) is 93.8 Å². The van der Waals surface area contributed by atoms with Crippen LogP contribution in [0.1, 0.15) is 25.0 Å². The molecule has 0 radical (unpaired) electrons. The van der Waals surface area contributed by atoms with Crippen molar-refractivity contribution < 1.29 is 4.42 Å². The van der Waals surface area contributed by atoms with Gasteiger partial charge in [-0.1, -0.05) is 98.8 Å². The fourth-order valence-electron chi connectivity index (χ4n) is 8.41. The maximum absolute atomic E-state index is 6.15. The van der Waals surface area contributed by atoms with Gasteiger partial charge in [-0.15, -0.1) is 0 Å². The van der Waals surface area contributed by atoms with Crippen LogP contribution in [0.15, 0.2) is 144 Å². The number of furan rings is 1. The number of hydrogen-bond acceptors (Lipinski definition) is 3. The standard InChI is InChI=1S/C45H29N3O/c1-45(2)34-15-9-14-32-41-29-11-4-3-10-26(29)18-22-38(41)48(43(32)34)37-21-19-28(25-35(37)45)44-46-36-16-7-5-13-31(36)42(47-44)27-20-23-40-33(24-27)30-12-6-8-17-39(30)49-40/h3-25H,1-2H3. The fraction of sp³-hybridized carbons (Fsp3) is 0.0667. The van der Waals surface area contributed by atoms with Gasteiger partial charge in [-0.05, 0) is 76.5 Å². The summed E-state index contributed by atoms with van der Waals surface area (Å²) in [6.45, 7) is 4.70. The third-order valence-corrected chi connectivity index (χ3v) is 10.8. The van der Waals surface area contributed by atoms with Gasteiger partial charge < -0.3 is 8.98 Å². The van der Waals surface area contributed by atoms with E-state index in [1.807, 2.05) is 12.1 Å². The van der Waals surface area contributed by atoms with Crippen molar-refractivity contribution in [3.8, 4) is 28.3 Å². The summed E-state index contributed by atoms with van der Waals surface area (Å²) in [5, 5.41) is 8.39. The predicted octanol–water partition coefficient (Wildman–Crippen LogP) is 11.8. The van der Waals surface area contributed by atoms with E-state index in [1.165, 1.54) is 49.4 Å². The fourth-order valence-corrected chi connectivity index (χ4v) is 8.41. The van der Waals surface area contributed by atoms with E-state index in [4.69, 9.17) is 14.4 Å². The SMILES string of the molecule is CC1(C)c2cc(-c3nc(-c4ccc5oc6ccccc6c5c4)c4ccccc4n3)ccc2-n2c3ccc4ccccc4c3c3cccc1c32. The zero-order chi connectivity index (χ0) is 32.4. The average molecular weight is 628 g/mol. The first kappa shape index (κ1) is 26.8. The first-order chi connectivity index (χ1) is 24.0. The Kier molecular flexibility index (Phi) is 5.15. The number of nitrogens with zero attached hydrogens (tertiary/aromatic N) is 3. The molecule has 11 rings (SSSR count). The van der Waals surface area contributed by atoms with Crippen molar-refractivity contribution in [3.63, 3.8) is 0 Å². The minimum atomic E-state index is -0.238. The van der Waals surface area contributed by atoms with E-state index in [1.54, 1.807) is 0 Å². The summed E-state index contributed by atoms with van der Waals surface area (Å²) in [7, 11) is 0.